The second-order valence-electron chi connectivity index (χ2n) is 7.86. The van der Waals surface area contributed by atoms with Gasteiger partial charge in [-0.3, -0.25) is 4.79 Å². The monoisotopic (exact) mass is 426 g/mol. The van der Waals surface area contributed by atoms with Crippen molar-refractivity contribution in [2.45, 2.75) is 44.2 Å². The summed E-state index contributed by atoms with van der Waals surface area (Å²) in [6.07, 6.45) is 1.57. The maximum atomic E-state index is 13.4. The Morgan fingerprint density at radius 2 is 1.83 bits per heavy atom. The highest BCUT2D eigenvalue weighted by Gasteiger charge is 2.30. The van der Waals surface area contributed by atoms with Crippen LogP contribution in [0.3, 0.4) is 0 Å². The van der Waals surface area contributed by atoms with Gasteiger partial charge in [-0.25, -0.2) is 8.42 Å². The van der Waals surface area contributed by atoms with Crippen LogP contribution in [0.1, 0.15) is 29.5 Å². The molecule has 0 amide bonds. The molecule has 6 nitrogen and oxygen atoms in total. The fraction of sp³-hybridized carbons (Fsp3) is 0.348. The standard InChI is InChI=1S/C23H26N2O4S/c1-16-10-11-17(2)22-21(16)13-18(23(26)24-22)14-25(15-19-7-6-12-29-19)30(27,28)20-8-4-3-5-9-20/h3-5,8-11,13,19H,6-7,12,14-15H2,1-2H3,(H,24,26)/t19-/m0/s1. The van der Waals surface area contributed by atoms with Gasteiger partial charge in [-0.1, -0.05) is 30.3 Å². The number of hydrogen-bond donors (Lipinski definition) is 1. The lowest BCUT2D eigenvalue weighted by atomic mass is 10.0. The van der Waals surface area contributed by atoms with E-state index >= 15 is 0 Å². The van der Waals surface area contributed by atoms with E-state index in [0.29, 0.717) is 12.2 Å². The highest BCUT2D eigenvalue weighted by molar-refractivity contribution is 7.89. The minimum atomic E-state index is -3.77. The van der Waals surface area contributed by atoms with E-state index in [2.05, 4.69) is 4.98 Å². The average molecular weight is 427 g/mol. The van der Waals surface area contributed by atoms with Gasteiger partial charge in [0.2, 0.25) is 10.0 Å². The Bertz CT molecular complexity index is 1210. The van der Waals surface area contributed by atoms with Crippen LogP contribution < -0.4 is 5.56 Å². The van der Waals surface area contributed by atoms with E-state index in [-0.39, 0.29) is 29.6 Å². The lowest BCUT2D eigenvalue weighted by Crippen LogP contribution is -2.38. The van der Waals surface area contributed by atoms with Crippen molar-refractivity contribution in [2.75, 3.05) is 13.2 Å². The molecule has 0 aliphatic carbocycles. The van der Waals surface area contributed by atoms with Crippen molar-refractivity contribution in [3.8, 4) is 0 Å². The summed E-state index contributed by atoms with van der Waals surface area (Å²) < 4.78 is 33.8. The molecular formula is C23H26N2O4S. The molecule has 2 heterocycles. The van der Waals surface area contributed by atoms with E-state index in [1.54, 1.807) is 30.3 Å². The number of aromatic amines is 1. The number of fused-ring (bicyclic) bond motifs is 1. The molecule has 0 radical (unpaired) electrons. The van der Waals surface area contributed by atoms with E-state index < -0.39 is 10.0 Å². The number of aryl methyl sites for hydroxylation is 2. The molecule has 0 unspecified atom stereocenters. The van der Waals surface area contributed by atoms with E-state index in [1.165, 1.54) is 4.31 Å². The van der Waals surface area contributed by atoms with Gasteiger partial charge in [0.15, 0.2) is 0 Å². The quantitative estimate of drug-likeness (QED) is 0.654. The first-order chi connectivity index (χ1) is 14.4. The molecule has 2 aromatic carbocycles. The smallest absolute Gasteiger partial charge is 0.252 e. The van der Waals surface area contributed by atoms with Gasteiger partial charge < -0.3 is 9.72 Å². The summed E-state index contributed by atoms with van der Waals surface area (Å²) in [7, 11) is -3.77. The molecule has 1 saturated heterocycles. The molecule has 3 aromatic rings. The topological polar surface area (TPSA) is 79.5 Å². The van der Waals surface area contributed by atoms with Crippen LogP contribution >= 0.6 is 0 Å². The molecule has 1 aromatic heterocycles. The summed E-state index contributed by atoms with van der Waals surface area (Å²) >= 11 is 0. The molecule has 1 aliphatic rings. The number of nitrogens with zero attached hydrogens (tertiary/aromatic N) is 1. The second-order valence-corrected chi connectivity index (χ2v) is 9.80. The number of rotatable bonds is 6. The predicted octanol–water partition coefficient (Wildman–Crippen LogP) is 3.51. The van der Waals surface area contributed by atoms with E-state index in [0.717, 1.165) is 34.9 Å². The van der Waals surface area contributed by atoms with Crippen LogP contribution in [-0.2, 0) is 21.3 Å². The number of ether oxygens (including phenoxy) is 1. The minimum absolute atomic E-state index is 0.00422. The second kappa shape index (κ2) is 8.34. The van der Waals surface area contributed by atoms with Crippen molar-refractivity contribution >= 4 is 20.9 Å². The van der Waals surface area contributed by atoms with E-state index in [1.807, 2.05) is 32.0 Å². The largest absolute Gasteiger partial charge is 0.377 e. The van der Waals surface area contributed by atoms with Crippen LogP contribution in [0.15, 0.2) is 58.2 Å². The summed E-state index contributed by atoms with van der Waals surface area (Å²) in [4.78, 5) is 16.0. The molecular weight excluding hydrogens is 400 g/mol. The van der Waals surface area contributed by atoms with Crippen LogP contribution in [-0.4, -0.2) is 37.0 Å². The SMILES string of the molecule is Cc1ccc(C)c2[nH]c(=O)c(CN(C[C@@H]3CCCO3)S(=O)(=O)c3ccccc3)cc12. The summed E-state index contributed by atoms with van der Waals surface area (Å²) in [6, 6.07) is 14.1. The summed E-state index contributed by atoms with van der Waals surface area (Å²) in [5.41, 5.74) is 2.96. The Morgan fingerprint density at radius 3 is 2.53 bits per heavy atom. The number of nitrogens with one attached hydrogen (secondary N) is 1. The zero-order valence-corrected chi connectivity index (χ0v) is 18.0. The Balaban J connectivity index is 1.76. The minimum Gasteiger partial charge on any atom is -0.377 e. The normalized spacial score (nSPS) is 17.1. The molecule has 158 valence electrons. The Kier molecular flexibility index (Phi) is 5.77. The van der Waals surface area contributed by atoms with E-state index in [9.17, 15) is 13.2 Å². The Labute approximate surface area is 176 Å². The van der Waals surface area contributed by atoms with Gasteiger partial charge in [-0.2, -0.15) is 4.31 Å². The lowest BCUT2D eigenvalue weighted by molar-refractivity contribution is 0.0925. The zero-order chi connectivity index (χ0) is 21.3. The molecule has 4 rings (SSSR count). The maximum Gasteiger partial charge on any atom is 0.252 e. The third kappa shape index (κ3) is 4.05. The van der Waals surface area contributed by atoms with Crippen LogP contribution in [0.25, 0.3) is 10.9 Å². The third-order valence-electron chi connectivity index (χ3n) is 5.68. The van der Waals surface area contributed by atoms with Gasteiger partial charge in [0.1, 0.15) is 0 Å². The van der Waals surface area contributed by atoms with Gasteiger partial charge in [-0.05, 0) is 56.0 Å². The summed E-state index contributed by atoms with van der Waals surface area (Å²) in [5, 5.41) is 0.929. The highest BCUT2D eigenvalue weighted by atomic mass is 32.2. The third-order valence-corrected chi connectivity index (χ3v) is 7.51. The van der Waals surface area contributed by atoms with Crippen molar-refractivity contribution in [2.24, 2.45) is 0 Å². The number of pyridine rings is 1. The molecule has 0 spiro atoms. The van der Waals surface area contributed by atoms with Crippen molar-refractivity contribution in [3.05, 3.63) is 75.6 Å². The van der Waals surface area contributed by atoms with Crippen LogP contribution in [0.2, 0.25) is 0 Å². The fourth-order valence-corrected chi connectivity index (χ4v) is 5.40. The van der Waals surface area contributed by atoms with Crippen LogP contribution in [0, 0.1) is 13.8 Å². The first-order valence-electron chi connectivity index (χ1n) is 10.1. The van der Waals surface area contributed by atoms with Crippen molar-refractivity contribution < 1.29 is 13.2 Å². The zero-order valence-electron chi connectivity index (χ0n) is 17.2. The van der Waals surface area contributed by atoms with Gasteiger partial charge in [-0.15, -0.1) is 0 Å². The lowest BCUT2D eigenvalue weighted by Gasteiger charge is -2.25. The number of aromatic nitrogens is 1. The van der Waals surface area contributed by atoms with Gasteiger partial charge in [0, 0.05) is 30.6 Å². The molecule has 1 aliphatic heterocycles. The van der Waals surface area contributed by atoms with Gasteiger partial charge in [0.05, 0.1) is 16.5 Å². The molecule has 1 N–H and O–H groups in total. The van der Waals surface area contributed by atoms with E-state index in [4.69, 9.17) is 4.74 Å². The number of benzene rings is 2. The highest BCUT2D eigenvalue weighted by Crippen LogP contribution is 2.24. The molecule has 7 heteroatoms. The molecule has 1 atom stereocenters. The fourth-order valence-electron chi connectivity index (χ4n) is 3.93. The van der Waals surface area contributed by atoms with Crippen LogP contribution in [0.5, 0.6) is 0 Å². The number of sulfonamides is 1. The summed E-state index contributed by atoms with van der Waals surface area (Å²) in [5.74, 6) is 0. The Hall–Kier alpha value is -2.48. The first kappa shape index (κ1) is 20.8. The van der Waals surface area contributed by atoms with Crippen molar-refractivity contribution in [1.82, 2.24) is 9.29 Å². The van der Waals surface area contributed by atoms with Gasteiger partial charge in [0.25, 0.3) is 5.56 Å². The Morgan fingerprint density at radius 1 is 1.10 bits per heavy atom. The predicted molar refractivity (Wildman–Crippen MR) is 117 cm³/mol. The number of H-pyrrole nitrogens is 1. The first-order valence-corrected chi connectivity index (χ1v) is 11.6. The maximum absolute atomic E-state index is 13.4. The molecule has 0 saturated carbocycles. The average Bonchev–Trinajstić information content (AvgIpc) is 3.25. The molecule has 30 heavy (non-hydrogen) atoms. The van der Waals surface area contributed by atoms with Gasteiger partial charge >= 0.3 is 0 Å². The van der Waals surface area contributed by atoms with Crippen LogP contribution in [0.4, 0.5) is 0 Å². The van der Waals surface area contributed by atoms with Crippen molar-refractivity contribution in [3.63, 3.8) is 0 Å². The van der Waals surface area contributed by atoms with Crippen molar-refractivity contribution in [1.29, 1.82) is 0 Å². The molecule has 0 bridgehead atoms. The summed E-state index contributed by atoms with van der Waals surface area (Å²) in [6.45, 7) is 4.78. The number of hydrogen-bond acceptors (Lipinski definition) is 4. The molecule has 1 fully saturated rings.